The Balaban J connectivity index is 0.00000242. The van der Waals surface area contributed by atoms with Gasteiger partial charge in [-0.1, -0.05) is 39.0 Å². The van der Waals surface area contributed by atoms with Crippen molar-refractivity contribution in [2.75, 3.05) is 26.2 Å². The quantitative estimate of drug-likeness (QED) is 0.928. The van der Waals surface area contributed by atoms with Gasteiger partial charge in [-0.25, -0.2) is 0 Å². The van der Waals surface area contributed by atoms with Crippen LogP contribution in [0.1, 0.15) is 33.3 Å². The Bertz CT molecular complexity index is 500. The van der Waals surface area contributed by atoms with Gasteiger partial charge in [0, 0.05) is 25.7 Å². The topological polar surface area (TPSA) is 41.6 Å². The van der Waals surface area contributed by atoms with E-state index in [0.717, 1.165) is 30.9 Å². The molecule has 1 N–H and O–H groups in total. The Hall–Kier alpha value is -1.26. The minimum absolute atomic E-state index is 0. The molecule has 1 amide bonds. The first kappa shape index (κ1) is 18.8. The Morgan fingerprint density at radius 2 is 2.05 bits per heavy atom. The third-order valence-electron chi connectivity index (χ3n) is 3.87. The van der Waals surface area contributed by atoms with E-state index in [2.05, 4.69) is 39.1 Å². The summed E-state index contributed by atoms with van der Waals surface area (Å²) in [4.78, 5) is 14.2. The number of nitrogens with zero attached hydrogens (tertiary/aromatic N) is 1. The monoisotopic (exact) mass is 326 g/mol. The molecule has 1 fully saturated rings. The molecule has 0 spiro atoms. The molecule has 0 aliphatic carbocycles. The molecule has 1 aromatic rings. The highest BCUT2D eigenvalue weighted by atomic mass is 35.5. The molecule has 0 unspecified atom stereocenters. The second-order valence-electron chi connectivity index (χ2n) is 6.68. The third kappa shape index (κ3) is 4.62. The molecule has 4 nitrogen and oxygen atoms in total. The smallest absolute Gasteiger partial charge is 0.260 e. The highest BCUT2D eigenvalue weighted by Gasteiger charge is 2.24. The fourth-order valence-electron chi connectivity index (χ4n) is 2.65. The van der Waals surface area contributed by atoms with Gasteiger partial charge in [0.15, 0.2) is 6.61 Å². The number of ether oxygens (including phenoxy) is 1. The number of piperazine rings is 1. The first-order valence-electron chi connectivity index (χ1n) is 7.62. The molecular formula is C17H27ClN2O2. The molecule has 124 valence electrons. The fraction of sp³-hybridized carbons (Fsp3) is 0.588. The summed E-state index contributed by atoms with van der Waals surface area (Å²) in [5, 5.41) is 3.29. The van der Waals surface area contributed by atoms with Crippen molar-refractivity contribution in [3.05, 3.63) is 29.8 Å². The zero-order chi connectivity index (χ0) is 15.5. The van der Waals surface area contributed by atoms with Crippen molar-refractivity contribution in [3.63, 3.8) is 0 Å². The van der Waals surface area contributed by atoms with Crippen molar-refractivity contribution in [1.82, 2.24) is 10.2 Å². The van der Waals surface area contributed by atoms with E-state index in [1.807, 2.05) is 23.1 Å². The van der Waals surface area contributed by atoms with Crippen molar-refractivity contribution < 1.29 is 9.53 Å². The molecule has 1 aromatic carbocycles. The molecule has 1 saturated heterocycles. The molecule has 0 aromatic heterocycles. The summed E-state index contributed by atoms with van der Waals surface area (Å²) >= 11 is 0. The maximum absolute atomic E-state index is 12.3. The van der Waals surface area contributed by atoms with Crippen LogP contribution < -0.4 is 10.1 Å². The Labute approximate surface area is 139 Å². The number of hydrogen-bond acceptors (Lipinski definition) is 3. The minimum Gasteiger partial charge on any atom is -0.483 e. The third-order valence-corrected chi connectivity index (χ3v) is 3.87. The van der Waals surface area contributed by atoms with Crippen molar-refractivity contribution in [1.29, 1.82) is 0 Å². The number of rotatable bonds is 3. The molecule has 0 radical (unpaired) electrons. The fourth-order valence-corrected chi connectivity index (χ4v) is 2.65. The van der Waals surface area contributed by atoms with Gasteiger partial charge in [-0.3, -0.25) is 4.79 Å². The molecule has 22 heavy (non-hydrogen) atoms. The first-order valence-corrected chi connectivity index (χ1v) is 7.62. The van der Waals surface area contributed by atoms with Crippen LogP contribution in [0.2, 0.25) is 0 Å². The second kappa shape index (κ2) is 7.84. The number of hydrogen-bond donors (Lipinski definition) is 1. The molecule has 5 heteroatoms. The van der Waals surface area contributed by atoms with Gasteiger partial charge in [0.25, 0.3) is 5.91 Å². The van der Waals surface area contributed by atoms with Gasteiger partial charge in [-0.15, -0.1) is 12.4 Å². The van der Waals surface area contributed by atoms with Crippen LogP contribution in [0.4, 0.5) is 0 Å². The Morgan fingerprint density at radius 3 is 2.68 bits per heavy atom. The maximum Gasteiger partial charge on any atom is 0.260 e. The van der Waals surface area contributed by atoms with Crippen LogP contribution in [-0.2, 0) is 10.2 Å². The molecule has 0 bridgehead atoms. The van der Waals surface area contributed by atoms with E-state index >= 15 is 0 Å². The minimum atomic E-state index is 0. The summed E-state index contributed by atoms with van der Waals surface area (Å²) in [6.45, 7) is 11.1. The van der Waals surface area contributed by atoms with Gasteiger partial charge in [-0.2, -0.15) is 0 Å². The van der Waals surface area contributed by atoms with Gasteiger partial charge >= 0.3 is 0 Å². The average Bonchev–Trinajstić information content (AvgIpc) is 2.44. The van der Waals surface area contributed by atoms with Crippen molar-refractivity contribution in [2.45, 2.75) is 39.2 Å². The van der Waals surface area contributed by atoms with Crippen molar-refractivity contribution >= 4 is 18.3 Å². The number of benzene rings is 1. The van der Waals surface area contributed by atoms with Crippen LogP contribution in [-0.4, -0.2) is 43.1 Å². The number of para-hydroxylation sites is 1. The molecule has 1 aliphatic rings. The van der Waals surface area contributed by atoms with Crippen LogP contribution in [0, 0.1) is 0 Å². The number of carbonyl (C=O) groups excluding carboxylic acids is 1. The predicted octanol–water partition coefficient (Wildman–Crippen LogP) is 2.61. The van der Waals surface area contributed by atoms with Crippen molar-refractivity contribution in [3.8, 4) is 5.75 Å². The zero-order valence-electron chi connectivity index (χ0n) is 13.9. The number of amides is 1. The van der Waals surface area contributed by atoms with E-state index in [4.69, 9.17) is 4.74 Å². The Morgan fingerprint density at radius 1 is 1.36 bits per heavy atom. The molecule has 2 rings (SSSR count). The summed E-state index contributed by atoms with van der Waals surface area (Å²) in [5.41, 5.74) is 1.13. The van der Waals surface area contributed by atoms with Gasteiger partial charge in [0.2, 0.25) is 0 Å². The van der Waals surface area contributed by atoms with E-state index in [0.29, 0.717) is 0 Å². The zero-order valence-corrected chi connectivity index (χ0v) is 14.7. The van der Waals surface area contributed by atoms with E-state index in [1.165, 1.54) is 0 Å². The maximum atomic E-state index is 12.3. The van der Waals surface area contributed by atoms with E-state index in [9.17, 15) is 4.79 Å². The molecule has 0 saturated carbocycles. The molecular weight excluding hydrogens is 300 g/mol. The summed E-state index contributed by atoms with van der Waals surface area (Å²) < 4.78 is 5.82. The van der Waals surface area contributed by atoms with Crippen molar-refractivity contribution in [2.24, 2.45) is 0 Å². The van der Waals surface area contributed by atoms with Crippen LogP contribution in [0.25, 0.3) is 0 Å². The highest BCUT2D eigenvalue weighted by Crippen LogP contribution is 2.30. The summed E-state index contributed by atoms with van der Waals surface area (Å²) in [6.07, 6.45) is 0. The number of nitrogens with one attached hydrogen (secondary N) is 1. The van der Waals surface area contributed by atoms with Crippen LogP contribution in [0.15, 0.2) is 24.3 Å². The van der Waals surface area contributed by atoms with Gasteiger partial charge in [0.05, 0.1) is 0 Å². The largest absolute Gasteiger partial charge is 0.483 e. The van der Waals surface area contributed by atoms with E-state index in [1.54, 1.807) is 0 Å². The van der Waals surface area contributed by atoms with E-state index < -0.39 is 0 Å². The second-order valence-corrected chi connectivity index (χ2v) is 6.68. The molecule has 1 atom stereocenters. The highest BCUT2D eigenvalue weighted by molar-refractivity contribution is 5.85. The summed E-state index contributed by atoms with van der Waals surface area (Å²) in [5.74, 6) is 0.869. The lowest BCUT2D eigenvalue weighted by molar-refractivity contribution is -0.136. The standard InChI is InChI=1S/C17H26N2O2.ClH/c1-13-11-18-9-10-19(13)16(20)12-21-15-8-6-5-7-14(15)17(2,3)4;/h5-8,13,18H,9-12H2,1-4H3;1H/t13-;/m1./s1. The number of carbonyl (C=O) groups is 1. The average molecular weight is 327 g/mol. The lowest BCUT2D eigenvalue weighted by Gasteiger charge is -2.34. The predicted molar refractivity (Wildman–Crippen MR) is 91.9 cm³/mol. The molecule has 1 heterocycles. The summed E-state index contributed by atoms with van der Waals surface area (Å²) in [6, 6.07) is 8.19. The van der Waals surface area contributed by atoms with Gasteiger partial charge in [0.1, 0.15) is 5.75 Å². The van der Waals surface area contributed by atoms with Gasteiger partial charge in [-0.05, 0) is 24.0 Å². The van der Waals surface area contributed by atoms with Crippen LogP contribution in [0.5, 0.6) is 5.75 Å². The van der Waals surface area contributed by atoms with Crippen LogP contribution >= 0.6 is 12.4 Å². The molecule has 1 aliphatic heterocycles. The summed E-state index contributed by atoms with van der Waals surface area (Å²) in [7, 11) is 0. The van der Waals surface area contributed by atoms with E-state index in [-0.39, 0.29) is 36.4 Å². The van der Waals surface area contributed by atoms with Gasteiger partial charge < -0.3 is 15.0 Å². The normalized spacial score (nSPS) is 18.5. The lowest BCUT2D eigenvalue weighted by Crippen LogP contribution is -2.53. The Kier molecular flexibility index (Phi) is 6.69. The first-order chi connectivity index (χ1) is 9.89. The number of halogens is 1. The van der Waals surface area contributed by atoms with Crippen LogP contribution in [0.3, 0.4) is 0 Å². The lowest BCUT2D eigenvalue weighted by atomic mass is 9.86. The SMILES string of the molecule is C[C@@H]1CNCCN1C(=O)COc1ccccc1C(C)(C)C.Cl.